The molecule has 1 aromatic heterocycles. The van der Waals surface area contributed by atoms with Crippen LogP contribution in [0, 0.1) is 0 Å². The molecule has 1 aromatic rings. The molecule has 0 spiro atoms. The zero-order valence-electron chi connectivity index (χ0n) is 7.82. The van der Waals surface area contributed by atoms with Crippen LogP contribution in [0.15, 0.2) is 25.0 Å². The van der Waals surface area contributed by atoms with Crippen LogP contribution in [-0.4, -0.2) is 29.9 Å². The van der Waals surface area contributed by atoms with Gasteiger partial charge in [-0.3, -0.25) is 9.78 Å². The summed E-state index contributed by atoms with van der Waals surface area (Å²) in [5.41, 5.74) is 1.44. The average Bonchev–Trinajstić information content (AvgIpc) is 2.16. The van der Waals surface area contributed by atoms with Crippen molar-refractivity contribution in [2.45, 2.75) is 0 Å². The maximum absolute atomic E-state index is 11.5. The predicted octanol–water partition coefficient (Wildman–Crippen LogP) is 1.43. The first-order chi connectivity index (χ1) is 6.15. The standard InChI is InChI=1S/C10H12N2O/c1-4-8-5-9(7-11-6-8)10(13)12(2)3/h4-7H,1H2,2-3H3. The molecule has 0 unspecified atom stereocenters. The van der Waals surface area contributed by atoms with Crippen molar-refractivity contribution in [3.8, 4) is 0 Å². The Morgan fingerprint density at radius 2 is 2.23 bits per heavy atom. The maximum atomic E-state index is 11.5. The molecule has 0 aliphatic rings. The summed E-state index contributed by atoms with van der Waals surface area (Å²) in [6, 6.07) is 1.77. The summed E-state index contributed by atoms with van der Waals surface area (Å²) in [4.78, 5) is 16.9. The SMILES string of the molecule is C=Cc1cncc(C(=O)N(C)C)c1. The topological polar surface area (TPSA) is 33.2 Å². The molecule has 3 heteroatoms. The minimum Gasteiger partial charge on any atom is -0.345 e. The Labute approximate surface area is 77.7 Å². The van der Waals surface area contributed by atoms with Crippen molar-refractivity contribution in [1.82, 2.24) is 9.88 Å². The van der Waals surface area contributed by atoms with Gasteiger partial charge in [-0.1, -0.05) is 12.7 Å². The molecule has 1 heterocycles. The molecule has 0 aromatic carbocycles. The summed E-state index contributed by atoms with van der Waals surface area (Å²) < 4.78 is 0. The van der Waals surface area contributed by atoms with Gasteiger partial charge in [0.1, 0.15) is 0 Å². The van der Waals surface area contributed by atoms with Gasteiger partial charge in [-0.15, -0.1) is 0 Å². The Bertz CT molecular complexity index is 331. The Morgan fingerprint density at radius 3 is 2.77 bits per heavy atom. The molecule has 0 N–H and O–H groups in total. The van der Waals surface area contributed by atoms with Crippen molar-refractivity contribution in [2.24, 2.45) is 0 Å². The second-order valence-corrected chi connectivity index (χ2v) is 2.91. The number of hydrogen-bond acceptors (Lipinski definition) is 2. The number of hydrogen-bond donors (Lipinski definition) is 0. The molecule has 0 saturated carbocycles. The van der Waals surface area contributed by atoms with Crippen LogP contribution in [0.1, 0.15) is 15.9 Å². The molecular weight excluding hydrogens is 164 g/mol. The first-order valence-electron chi connectivity index (χ1n) is 3.94. The van der Waals surface area contributed by atoms with Gasteiger partial charge in [-0.2, -0.15) is 0 Å². The molecule has 0 aliphatic heterocycles. The molecule has 1 amide bonds. The van der Waals surface area contributed by atoms with Gasteiger partial charge in [0.25, 0.3) is 5.91 Å². The summed E-state index contributed by atoms with van der Waals surface area (Å²) >= 11 is 0. The van der Waals surface area contributed by atoms with Crippen LogP contribution in [0.4, 0.5) is 0 Å². The largest absolute Gasteiger partial charge is 0.345 e. The number of carbonyl (C=O) groups excluding carboxylic acids is 1. The van der Waals surface area contributed by atoms with Crippen molar-refractivity contribution in [1.29, 1.82) is 0 Å². The molecule has 68 valence electrons. The molecule has 3 nitrogen and oxygen atoms in total. The normalized spacial score (nSPS) is 9.38. The van der Waals surface area contributed by atoms with Gasteiger partial charge in [0.15, 0.2) is 0 Å². The van der Waals surface area contributed by atoms with Crippen LogP contribution in [0.5, 0.6) is 0 Å². The molecule has 1 rings (SSSR count). The Balaban J connectivity index is 3.01. The number of carbonyl (C=O) groups is 1. The Morgan fingerprint density at radius 1 is 1.54 bits per heavy atom. The molecule has 0 atom stereocenters. The van der Waals surface area contributed by atoms with E-state index in [0.29, 0.717) is 5.56 Å². The minimum atomic E-state index is -0.0452. The van der Waals surface area contributed by atoms with E-state index >= 15 is 0 Å². The first-order valence-corrected chi connectivity index (χ1v) is 3.94. The van der Waals surface area contributed by atoms with Crippen LogP contribution >= 0.6 is 0 Å². The van der Waals surface area contributed by atoms with Crippen molar-refractivity contribution >= 4 is 12.0 Å². The lowest BCUT2D eigenvalue weighted by atomic mass is 10.2. The lowest BCUT2D eigenvalue weighted by molar-refractivity contribution is 0.0827. The van der Waals surface area contributed by atoms with Crippen LogP contribution in [-0.2, 0) is 0 Å². The lowest BCUT2D eigenvalue weighted by Crippen LogP contribution is -2.21. The summed E-state index contributed by atoms with van der Waals surface area (Å²) in [6.45, 7) is 3.61. The third kappa shape index (κ3) is 2.15. The van der Waals surface area contributed by atoms with Crippen LogP contribution < -0.4 is 0 Å². The van der Waals surface area contributed by atoms with Crippen LogP contribution in [0.25, 0.3) is 6.08 Å². The first kappa shape index (κ1) is 9.45. The molecular formula is C10H12N2O. The van der Waals surface area contributed by atoms with Crippen molar-refractivity contribution in [3.05, 3.63) is 36.2 Å². The number of nitrogens with zero attached hydrogens (tertiary/aromatic N) is 2. The third-order valence-corrected chi connectivity index (χ3v) is 1.65. The number of pyridine rings is 1. The van der Waals surface area contributed by atoms with Crippen LogP contribution in [0.2, 0.25) is 0 Å². The highest BCUT2D eigenvalue weighted by molar-refractivity contribution is 5.94. The van der Waals surface area contributed by atoms with E-state index in [-0.39, 0.29) is 5.91 Å². The summed E-state index contributed by atoms with van der Waals surface area (Å²) in [5, 5.41) is 0. The fraction of sp³-hybridized carbons (Fsp3) is 0.200. The Hall–Kier alpha value is -1.64. The van der Waals surface area contributed by atoms with Gasteiger partial charge in [0.05, 0.1) is 5.56 Å². The zero-order valence-corrected chi connectivity index (χ0v) is 7.82. The van der Waals surface area contributed by atoms with Gasteiger partial charge in [-0.05, 0) is 11.6 Å². The molecule has 0 radical (unpaired) electrons. The average molecular weight is 176 g/mol. The summed E-state index contributed by atoms with van der Waals surface area (Å²) in [5.74, 6) is -0.0452. The number of amides is 1. The van der Waals surface area contributed by atoms with Gasteiger partial charge in [-0.25, -0.2) is 0 Å². The zero-order chi connectivity index (χ0) is 9.84. The van der Waals surface area contributed by atoms with E-state index in [1.165, 1.54) is 4.90 Å². The van der Waals surface area contributed by atoms with Gasteiger partial charge < -0.3 is 4.90 Å². The van der Waals surface area contributed by atoms with Crippen LogP contribution in [0.3, 0.4) is 0 Å². The van der Waals surface area contributed by atoms with E-state index in [4.69, 9.17) is 0 Å². The highest BCUT2D eigenvalue weighted by Crippen LogP contribution is 2.05. The smallest absolute Gasteiger partial charge is 0.254 e. The lowest BCUT2D eigenvalue weighted by Gasteiger charge is -2.09. The summed E-state index contributed by atoms with van der Waals surface area (Å²) in [7, 11) is 3.42. The van der Waals surface area contributed by atoms with E-state index in [1.807, 2.05) is 0 Å². The second-order valence-electron chi connectivity index (χ2n) is 2.91. The summed E-state index contributed by atoms with van der Waals surface area (Å²) in [6.07, 6.45) is 4.88. The Kier molecular flexibility index (Phi) is 2.80. The van der Waals surface area contributed by atoms with Crippen molar-refractivity contribution in [2.75, 3.05) is 14.1 Å². The van der Waals surface area contributed by atoms with Crippen molar-refractivity contribution in [3.63, 3.8) is 0 Å². The fourth-order valence-electron chi connectivity index (χ4n) is 0.945. The fourth-order valence-corrected chi connectivity index (χ4v) is 0.945. The van der Waals surface area contributed by atoms with E-state index in [2.05, 4.69) is 11.6 Å². The highest BCUT2D eigenvalue weighted by Gasteiger charge is 2.07. The maximum Gasteiger partial charge on any atom is 0.254 e. The third-order valence-electron chi connectivity index (χ3n) is 1.65. The second kappa shape index (κ2) is 3.85. The van der Waals surface area contributed by atoms with E-state index in [0.717, 1.165) is 5.56 Å². The monoisotopic (exact) mass is 176 g/mol. The quantitative estimate of drug-likeness (QED) is 0.683. The van der Waals surface area contributed by atoms with Gasteiger partial charge >= 0.3 is 0 Å². The number of rotatable bonds is 2. The minimum absolute atomic E-state index is 0.0452. The van der Waals surface area contributed by atoms with E-state index in [9.17, 15) is 4.79 Å². The van der Waals surface area contributed by atoms with Gasteiger partial charge in [0, 0.05) is 26.5 Å². The number of aromatic nitrogens is 1. The van der Waals surface area contributed by atoms with Gasteiger partial charge in [0.2, 0.25) is 0 Å². The van der Waals surface area contributed by atoms with E-state index < -0.39 is 0 Å². The molecule has 0 saturated heterocycles. The molecule has 0 aliphatic carbocycles. The van der Waals surface area contributed by atoms with Crippen molar-refractivity contribution < 1.29 is 4.79 Å². The highest BCUT2D eigenvalue weighted by atomic mass is 16.2. The molecule has 0 fully saturated rings. The molecule has 0 bridgehead atoms. The predicted molar refractivity (Wildman–Crippen MR) is 52.3 cm³/mol. The molecule has 13 heavy (non-hydrogen) atoms. The van der Waals surface area contributed by atoms with E-state index in [1.54, 1.807) is 38.6 Å².